The third kappa shape index (κ3) is 5.41. The third-order valence-electron chi connectivity index (χ3n) is 6.09. The molecule has 5 rings (SSSR count). The van der Waals surface area contributed by atoms with Crippen LogP contribution in [0.4, 0.5) is 28.9 Å². The van der Waals surface area contributed by atoms with Gasteiger partial charge in [0.2, 0.25) is 0 Å². The standard InChI is InChI=1S/C26H20ClF4N7O2/c1-13-8-15(38-7-6-32-12-38)10-20-22(13)37-23(35-20)21-19(4-5-33-24(21)39)34-11-17(28)14-2-3-18(16(27)9-14)36-25(40)26(29,30)31/h2-10,12,17H,11H2,1H3,(H,35,37)(H,36,40)(H2,33,34,39). The van der Waals surface area contributed by atoms with Crippen LogP contribution in [0, 0.1) is 6.92 Å². The highest BCUT2D eigenvalue weighted by Gasteiger charge is 2.39. The number of anilines is 2. The van der Waals surface area contributed by atoms with Crippen molar-refractivity contribution in [3.63, 3.8) is 0 Å². The van der Waals surface area contributed by atoms with Gasteiger partial charge in [0.05, 0.1) is 40.3 Å². The van der Waals surface area contributed by atoms with Crippen LogP contribution in [0.5, 0.6) is 0 Å². The van der Waals surface area contributed by atoms with Crippen LogP contribution in [0.3, 0.4) is 0 Å². The Labute approximate surface area is 228 Å². The predicted octanol–water partition coefficient (Wildman–Crippen LogP) is 5.69. The quantitative estimate of drug-likeness (QED) is 0.186. The second-order valence-electron chi connectivity index (χ2n) is 8.85. The molecule has 0 saturated heterocycles. The number of aromatic nitrogens is 5. The highest BCUT2D eigenvalue weighted by Crippen LogP contribution is 2.31. The number of aryl methyl sites for hydroxylation is 1. The molecule has 14 heteroatoms. The van der Waals surface area contributed by atoms with Gasteiger partial charge in [-0.1, -0.05) is 17.7 Å². The Hall–Kier alpha value is -4.65. The first-order valence-electron chi connectivity index (χ1n) is 11.8. The second-order valence-corrected chi connectivity index (χ2v) is 9.26. The Morgan fingerprint density at radius 1 is 1.18 bits per heavy atom. The summed E-state index contributed by atoms with van der Waals surface area (Å²) >= 11 is 5.97. The smallest absolute Gasteiger partial charge is 0.381 e. The number of H-pyrrole nitrogens is 2. The molecule has 0 aliphatic rings. The summed E-state index contributed by atoms with van der Waals surface area (Å²) in [7, 11) is 0. The van der Waals surface area contributed by atoms with Gasteiger partial charge in [0.25, 0.3) is 5.56 Å². The molecule has 0 aliphatic carbocycles. The first-order valence-corrected chi connectivity index (χ1v) is 12.2. The van der Waals surface area contributed by atoms with Gasteiger partial charge in [-0.15, -0.1) is 0 Å². The number of imidazole rings is 2. The van der Waals surface area contributed by atoms with Crippen LogP contribution < -0.4 is 16.2 Å². The fourth-order valence-electron chi connectivity index (χ4n) is 4.15. The van der Waals surface area contributed by atoms with E-state index in [9.17, 15) is 22.8 Å². The highest BCUT2D eigenvalue weighted by molar-refractivity contribution is 6.33. The molecule has 3 heterocycles. The number of halogens is 5. The molecule has 0 spiro atoms. The van der Waals surface area contributed by atoms with Crippen LogP contribution in [0.2, 0.25) is 5.02 Å². The van der Waals surface area contributed by atoms with Crippen molar-refractivity contribution in [3.05, 3.63) is 87.8 Å². The van der Waals surface area contributed by atoms with Gasteiger partial charge in [0, 0.05) is 24.3 Å². The first kappa shape index (κ1) is 26.9. The van der Waals surface area contributed by atoms with Gasteiger partial charge >= 0.3 is 12.1 Å². The van der Waals surface area contributed by atoms with E-state index >= 15 is 4.39 Å². The normalized spacial score (nSPS) is 12.4. The Morgan fingerprint density at radius 3 is 2.67 bits per heavy atom. The summed E-state index contributed by atoms with van der Waals surface area (Å²) in [5.41, 5.74) is 2.81. The Kier molecular flexibility index (Phi) is 7.06. The van der Waals surface area contributed by atoms with Gasteiger partial charge < -0.3 is 25.2 Å². The lowest BCUT2D eigenvalue weighted by Crippen LogP contribution is -2.30. The van der Waals surface area contributed by atoms with E-state index in [2.05, 4.69) is 25.3 Å². The van der Waals surface area contributed by atoms with Crippen molar-refractivity contribution in [1.29, 1.82) is 0 Å². The fraction of sp³-hybridized carbons (Fsp3) is 0.154. The molecule has 40 heavy (non-hydrogen) atoms. The van der Waals surface area contributed by atoms with Crippen LogP contribution in [0.15, 0.2) is 66.1 Å². The number of carbonyl (C=O) groups is 1. The lowest BCUT2D eigenvalue weighted by Gasteiger charge is -2.15. The molecule has 4 N–H and O–H groups in total. The molecular formula is C26H20ClF4N7O2. The molecule has 206 valence electrons. The van der Waals surface area contributed by atoms with Crippen LogP contribution in [0.25, 0.3) is 28.1 Å². The van der Waals surface area contributed by atoms with E-state index in [1.807, 2.05) is 23.6 Å². The lowest BCUT2D eigenvalue weighted by molar-refractivity contribution is -0.167. The van der Waals surface area contributed by atoms with E-state index in [0.717, 1.165) is 23.4 Å². The average Bonchev–Trinajstić information content (AvgIpc) is 3.58. The molecule has 0 aliphatic heterocycles. The van der Waals surface area contributed by atoms with Gasteiger partial charge in [-0.25, -0.2) is 14.4 Å². The van der Waals surface area contributed by atoms with Crippen LogP contribution in [-0.2, 0) is 4.79 Å². The van der Waals surface area contributed by atoms with Crippen LogP contribution in [-0.4, -0.2) is 43.1 Å². The van der Waals surface area contributed by atoms with Gasteiger partial charge in [-0.05, 0) is 48.4 Å². The number of benzene rings is 2. The van der Waals surface area contributed by atoms with Gasteiger partial charge in [0.15, 0.2) is 0 Å². The summed E-state index contributed by atoms with van der Waals surface area (Å²) in [6, 6.07) is 8.78. The highest BCUT2D eigenvalue weighted by atomic mass is 35.5. The third-order valence-corrected chi connectivity index (χ3v) is 6.41. The van der Waals surface area contributed by atoms with Crippen LogP contribution >= 0.6 is 11.6 Å². The molecule has 1 amide bonds. The zero-order valence-corrected chi connectivity index (χ0v) is 21.4. The molecule has 0 saturated carbocycles. The number of amides is 1. The van der Waals surface area contributed by atoms with Crippen molar-refractivity contribution in [2.45, 2.75) is 19.3 Å². The summed E-state index contributed by atoms with van der Waals surface area (Å²) < 4.78 is 54.5. The number of hydrogen-bond acceptors (Lipinski definition) is 5. The molecule has 9 nitrogen and oxygen atoms in total. The monoisotopic (exact) mass is 573 g/mol. The van der Waals surface area contributed by atoms with Crippen molar-refractivity contribution in [1.82, 2.24) is 24.5 Å². The van der Waals surface area contributed by atoms with Gasteiger partial charge in [0.1, 0.15) is 17.6 Å². The summed E-state index contributed by atoms with van der Waals surface area (Å²) in [5, 5.41) is 4.28. The number of rotatable bonds is 7. The van der Waals surface area contributed by atoms with Gasteiger partial charge in [-0.2, -0.15) is 13.2 Å². The largest absolute Gasteiger partial charge is 0.471 e. The van der Waals surface area contributed by atoms with E-state index in [0.29, 0.717) is 16.7 Å². The summed E-state index contributed by atoms with van der Waals surface area (Å²) in [5.74, 6) is -1.92. The molecule has 0 bridgehead atoms. The van der Waals surface area contributed by atoms with Crippen molar-refractivity contribution in [3.8, 4) is 17.1 Å². The Balaban J connectivity index is 1.38. The molecule has 3 aromatic heterocycles. The fourth-order valence-corrected chi connectivity index (χ4v) is 4.39. The number of nitrogens with zero attached hydrogens (tertiary/aromatic N) is 3. The minimum atomic E-state index is -5.10. The molecular weight excluding hydrogens is 554 g/mol. The van der Waals surface area contributed by atoms with E-state index in [4.69, 9.17) is 11.6 Å². The van der Waals surface area contributed by atoms with Crippen molar-refractivity contribution < 1.29 is 22.4 Å². The summed E-state index contributed by atoms with van der Waals surface area (Å²) in [6.45, 7) is 1.59. The molecule has 1 unspecified atom stereocenters. The van der Waals surface area contributed by atoms with E-state index < -0.39 is 23.8 Å². The number of aromatic amines is 2. The Bertz CT molecular complexity index is 1760. The van der Waals surface area contributed by atoms with Gasteiger partial charge in [-0.3, -0.25) is 9.59 Å². The molecule has 0 radical (unpaired) electrons. The topological polar surface area (TPSA) is 120 Å². The molecule has 0 fully saturated rings. The molecule has 2 aromatic carbocycles. The predicted molar refractivity (Wildman–Crippen MR) is 142 cm³/mol. The SMILES string of the molecule is Cc1cc(-n2ccnc2)cc2[nH]c(-c3c(NCC(F)c4ccc(NC(=O)C(F)(F)F)c(Cl)c4)cc[nH]c3=O)nc12. The summed E-state index contributed by atoms with van der Waals surface area (Å²) in [4.78, 5) is 38.4. The minimum absolute atomic E-state index is 0.0558. The van der Waals surface area contributed by atoms with Crippen molar-refractivity contribution >= 4 is 39.9 Å². The molecule has 5 aromatic rings. The summed E-state index contributed by atoms with van der Waals surface area (Å²) in [6.07, 6.45) is -0.232. The average molecular weight is 574 g/mol. The maximum atomic E-state index is 15.1. The number of carbonyl (C=O) groups excluding carboxylic acids is 1. The van der Waals surface area contributed by atoms with Crippen molar-refractivity contribution in [2.75, 3.05) is 17.2 Å². The van der Waals surface area contributed by atoms with E-state index in [1.54, 1.807) is 30.1 Å². The van der Waals surface area contributed by atoms with Crippen molar-refractivity contribution in [2.24, 2.45) is 0 Å². The van der Waals surface area contributed by atoms with E-state index in [-0.39, 0.29) is 34.2 Å². The number of pyridine rings is 1. The zero-order valence-electron chi connectivity index (χ0n) is 20.6. The number of fused-ring (bicyclic) bond motifs is 1. The maximum absolute atomic E-state index is 15.1. The number of alkyl halides is 4. The minimum Gasteiger partial charge on any atom is -0.381 e. The second kappa shape index (κ2) is 10.5. The number of hydrogen-bond donors (Lipinski definition) is 4. The van der Waals surface area contributed by atoms with E-state index in [1.165, 1.54) is 12.3 Å². The number of nitrogens with one attached hydrogen (secondary N) is 4. The first-order chi connectivity index (χ1) is 19.0. The van der Waals surface area contributed by atoms with Crippen LogP contribution in [0.1, 0.15) is 17.3 Å². The maximum Gasteiger partial charge on any atom is 0.471 e. The Morgan fingerprint density at radius 2 is 1.98 bits per heavy atom. The lowest BCUT2D eigenvalue weighted by atomic mass is 10.1. The molecule has 1 atom stereocenters. The zero-order chi connectivity index (χ0) is 28.6.